The summed E-state index contributed by atoms with van der Waals surface area (Å²) in [7, 11) is 0. The van der Waals surface area contributed by atoms with Gasteiger partial charge >= 0.3 is 5.97 Å². The van der Waals surface area contributed by atoms with Gasteiger partial charge in [0.25, 0.3) is 0 Å². The number of esters is 1. The fraction of sp³-hybridized carbons (Fsp3) is 0.406. The molecule has 0 amide bonds. The number of hydrogen-bond donors (Lipinski definition) is 1. The van der Waals surface area contributed by atoms with E-state index in [0.29, 0.717) is 16.9 Å². The zero-order valence-electron chi connectivity index (χ0n) is 22.1. The highest BCUT2D eigenvalue weighted by atomic mass is 32.1. The molecule has 3 nitrogen and oxygen atoms in total. The number of ether oxygens (including phenoxy) is 2. The van der Waals surface area contributed by atoms with Crippen molar-refractivity contribution in [2.45, 2.75) is 83.2 Å². The first-order chi connectivity index (χ1) is 17.1. The van der Waals surface area contributed by atoms with Crippen LogP contribution in [0, 0.1) is 6.92 Å². The lowest BCUT2D eigenvalue weighted by molar-refractivity contribution is -0.162. The Labute approximate surface area is 221 Å². The molecule has 1 aliphatic rings. The zero-order chi connectivity index (χ0) is 25.9. The Bertz CT molecular complexity index is 1170. The number of aryl methyl sites for hydroxylation is 1. The first-order valence-corrected chi connectivity index (χ1v) is 13.5. The normalized spacial score (nSPS) is 18.9. The Morgan fingerprint density at radius 1 is 0.861 bits per heavy atom. The minimum atomic E-state index is -0.666. The van der Waals surface area contributed by atoms with E-state index in [1.165, 1.54) is 53.5 Å². The van der Waals surface area contributed by atoms with Gasteiger partial charge in [0, 0.05) is 5.25 Å². The molecule has 0 aliphatic heterocycles. The third-order valence-corrected chi connectivity index (χ3v) is 7.37. The molecule has 1 atom stereocenters. The highest BCUT2D eigenvalue weighted by Crippen LogP contribution is 2.36. The Morgan fingerprint density at radius 2 is 1.44 bits per heavy atom. The summed E-state index contributed by atoms with van der Waals surface area (Å²) in [6, 6.07) is 23.6. The van der Waals surface area contributed by atoms with E-state index in [1.54, 1.807) is 6.92 Å². The van der Waals surface area contributed by atoms with E-state index in [4.69, 9.17) is 9.47 Å². The van der Waals surface area contributed by atoms with Crippen LogP contribution in [-0.4, -0.2) is 22.9 Å². The molecule has 190 valence electrons. The molecule has 0 radical (unpaired) electrons. The van der Waals surface area contributed by atoms with Gasteiger partial charge in [-0.2, -0.15) is 12.6 Å². The van der Waals surface area contributed by atoms with Crippen LogP contribution < -0.4 is 4.74 Å². The van der Waals surface area contributed by atoms with Crippen molar-refractivity contribution in [1.82, 2.24) is 0 Å². The summed E-state index contributed by atoms with van der Waals surface area (Å²) in [5, 5.41) is 0.575. The smallest absolute Gasteiger partial charge is 0.347 e. The van der Waals surface area contributed by atoms with Crippen LogP contribution in [0.1, 0.15) is 70.4 Å². The highest BCUT2D eigenvalue weighted by Gasteiger charge is 2.23. The Hall–Kier alpha value is -2.72. The van der Waals surface area contributed by atoms with Crippen molar-refractivity contribution in [1.29, 1.82) is 0 Å². The van der Waals surface area contributed by atoms with Gasteiger partial charge in [0.2, 0.25) is 0 Å². The van der Waals surface area contributed by atoms with Crippen molar-refractivity contribution in [2.24, 2.45) is 0 Å². The van der Waals surface area contributed by atoms with E-state index in [2.05, 4.69) is 62.0 Å². The third kappa shape index (κ3) is 6.73. The molecule has 4 heteroatoms. The Kier molecular flexibility index (Phi) is 8.14. The molecule has 0 N–H and O–H groups in total. The molecule has 1 fully saturated rings. The van der Waals surface area contributed by atoms with Gasteiger partial charge in [0.15, 0.2) is 6.10 Å². The minimum Gasteiger partial charge on any atom is -0.479 e. The van der Waals surface area contributed by atoms with Crippen LogP contribution >= 0.6 is 12.6 Å². The summed E-state index contributed by atoms with van der Waals surface area (Å²) in [6.45, 7) is 9.42. The molecule has 0 saturated heterocycles. The number of rotatable bonds is 6. The standard InChI is InChI=1S/C32H38O3S/c1-21-20-27(25-8-6-23(7-9-25)24-12-17-29(36)18-13-24)14-19-30(21)26-10-15-28(16-11-26)34-22(2)31(33)35-32(3,4)5/h6-11,14-16,19-20,22,24,29,36H,12-13,17-18H2,1-5H3/t22-,24?,29?/m0/s1. The SMILES string of the molecule is Cc1cc(-c2ccc(C3CCC(S)CC3)cc2)ccc1-c1ccc(O[C@@H](C)C(=O)OC(C)(C)C)cc1. The predicted octanol–water partition coefficient (Wildman–Crippen LogP) is 8.39. The summed E-state index contributed by atoms with van der Waals surface area (Å²) in [4.78, 5) is 12.2. The molecule has 3 aromatic carbocycles. The van der Waals surface area contributed by atoms with Crippen LogP contribution in [0.25, 0.3) is 22.3 Å². The average Bonchev–Trinajstić information content (AvgIpc) is 2.84. The van der Waals surface area contributed by atoms with Crippen LogP contribution in [0.15, 0.2) is 66.7 Å². The van der Waals surface area contributed by atoms with Gasteiger partial charge in [0.1, 0.15) is 11.4 Å². The Balaban J connectivity index is 1.42. The molecule has 3 aromatic rings. The summed E-state index contributed by atoms with van der Waals surface area (Å²) >= 11 is 4.64. The quantitative estimate of drug-likeness (QED) is 0.271. The van der Waals surface area contributed by atoms with Gasteiger partial charge in [-0.25, -0.2) is 4.79 Å². The molecule has 36 heavy (non-hydrogen) atoms. The second-order valence-corrected chi connectivity index (χ2v) is 11.7. The maximum atomic E-state index is 12.2. The van der Waals surface area contributed by atoms with Crippen LogP contribution in [-0.2, 0) is 9.53 Å². The maximum absolute atomic E-state index is 12.2. The fourth-order valence-corrected chi connectivity index (χ4v) is 5.17. The summed E-state index contributed by atoms with van der Waals surface area (Å²) in [6.07, 6.45) is 4.24. The molecule has 1 aliphatic carbocycles. The van der Waals surface area contributed by atoms with Gasteiger partial charge < -0.3 is 9.47 Å². The average molecular weight is 503 g/mol. The lowest BCUT2D eigenvalue weighted by Gasteiger charge is -2.26. The van der Waals surface area contributed by atoms with E-state index >= 15 is 0 Å². The van der Waals surface area contributed by atoms with E-state index in [1.807, 2.05) is 45.0 Å². The van der Waals surface area contributed by atoms with E-state index in [0.717, 1.165) is 5.56 Å². The summed E-state index contributed by atoms with van der Waals surface area (Å²) in [5.41, 5.74) is 6.92. The van der Waals surface area contributed by atoms with Crippen molar-refractivity contribution in [3.63, 3.8) is 0 Å². The van der Waals surface area contributed by atoms with Crippen LogP contribution in [0.5, 0.6) is 5.75 Å². The molecular formula is C32H38O3S. The first kappa shape index (κ1) is 26.3. The molecule has 4 rings (SSSR count). The summed E-state index contributed by atoms with van der Waals surface area (Å²) in [5.74, 6) is 0.955. The van der Waals surface area contributed by atoms with Gasteiger partial charge in [0.05, 0.1) is 0 Å². The van der Waals surface area contributed by atoms with Crippen molar-refractivity contribution >= 4 is 18.6 Å². The van der Waals surface area contributed by atoms with Gasteiger partial charge in [-0.3, -0.25) is 0 Å². The van der Waals surface area contributed by atoms with Gasteiger partial charge in [-0.1, -0.05) is 54.6 Å². The van der Waals surface area contributed by atoms with Crippen LogP contribution in [0.2, 0.25) is 0 Å². The number of carbonyl (C=O) groups excluding carboxylic acids is 1. The number of carbonyl (C=O) groups is 1. The molecule has 1 saturated carbocycles. The lowest BCUT2D eigenvalue weighted by Crippen LogP contribution is -2.33. The van der Waals surface area contributed by atoms with E-state index in [-0.39, 0.29) is 5.97 Å². The molecule has 0 bridgehead atoms. The van der Waals surface area contributed by atoms with Crippen molar-refractivity contribution in [2.75, 3.05) is 0 Å². The minimum absolute atomic E-state index is 0.365. The van der Waals surface area contributed by atoms with Crippen molar-refractivity contribution < 1.29 is 14.3 Å². The van der Waals surface area contributed by atoms with Crippen molar-refractivity contribution in [3.05, 3.63) is 77.9 Å². The largest absolute Gasteiger partial charge is 0.479 e. The van der Waals surface area contributed by atoms with E-state index in [9.17, 15) is 4.79 Å². The monoisotopic (exact) mass is 502 g/mol. The van der Waals surface area contributed by atoms with E-state index < -0.39 is 11.7 Å². The number of thiol groups is 1. The second-order valence-electron chi connectivity index (χ2n) is 11.0. The van der Waals surface area contributed by atoms with Crippen LogP contribution in [0.4, 0.5) is 0 Å². The number of hydrogen-bond acceptors (Lipinski definition) is 4. The van der Waals surface area contributed by atoms with Crippen LogP contribution in [0.3, 0.4) is 0 Å². The predicted molar refractivity (Wildman–Crippen MR) is 152 cm³/mol. The lowest BCUT2D eigenvalue weighted by atomic mass is 9.83. The summed E-state index contributed by atoms with van der Waals surface area (Å²) < 4.78 is 11.2. The maximum Gasteiger partial charge on any atom is 0.347 e. The van der Waals surface area contributed by atoms with Gasteiger partial charge in [-0.15, -0.1) is 0 Å². The highest BCUT2D eigenvalue weighted by molar-refractivity contribution is 7.80. The van der Waals surface area contributed by atoms with Crippen molar-refractivity contribution in [3.8, 4) is 28.0 Å². The first-order valence-electron chi connectivity index (χ1n) is 13.0. The van der Waals surface area contributed by atoms with Gasteiger partial charge in [-0.05, 0) is 112 Å². The fourth-order valence-electron chi connectivity index (χ4n) is 4.87. The molecule has 0 unspecified atom stereocenters. The third-order valence-electron chi connectivity index (χ3n) is 6.86. The molecule has 0 aromatic heterocycles. The second kappa shape index (κ2) is 11.1. The molecular weight excluding hydrogens is 464 g/mol. The molecule has 0 heterocycles. The topological polar surface area (TPSA) is 35.5 Å². The molecule has 0 spiro atoms. The number of benzene rings is 3. The Morgan fingerprint density at radius 3 is 2.03 bits per heavy atom. The zero-order valence-corrected chi connectivity index (χ0v) is 23.0.